The van der Waals surface area contributed by atoms with Crippen molar-refractivity contribution in [3.63, 3.8) is 0 Å². The highest BCUT2D eigenvalue weighted by atomic mass is 127. The fourth-order valence-electron chi connectivity index (χ4n) is 2.45. The van der Waals surface area contributed by atoms with Gasteiger partial charge in [-0.05, 0) is 44.4 Å². The van der Waals surface area contributed by atoms with E-state index in [0.29, 0.717) is 32.0 Å². The SMILES string of the molecule is CCNC(=NCc1ccc(OCC)c(OC)c1)NCCNC(=O)C1CC1.I. The molecular formula is C19H31IN4O3. The van der Waals surface area contributed by atoms with Gasteiger partial charge in [-0.3, -0.25) is 4.79 Å². The van der Waals surface area contributed by atoms with Crippen LogP contribution in [0.5, 0.6) is 11.5 Å². The van der Waals surface area contributed by atoms with Crippen LogP contribution in [0.4, 0.5) is 0 Å². The number of methoxy groups -OCH3 is 1. The molecule has 0 bridgehead atoms. The van der Waals surface area contributed by atoms with E-state index in [1.807, 2.05) is 32.0 Å². The Morgan fingerprint density at radius 1 is 1.15 bits per heavy atom. The minimum atomic E-state index is 0. The third-order valence-corrected chi connectivity index (χ3v) is 3.96. The Bertz CT molecular complexity index is 621. The van der Waals surface area contributed by atoms with E-state index in [0.717, 1.165) is 36.7 Å². The lowest BCUT2D eigenvalue weighted by Crippen LogP contribution is -2.41. The van der Waals surface area contributed by atoms with Gasteiger partial charge in [-0.1, -0.05) is 6.07 Å². The predicted molar refractivity (Wildman–Crippen MR) is 118 cm³/mol. The second-order valence-corrected chi connectivity index (χ2v) is 6.11. The van der Waals surface area contributed by atoms with E-state index in [1.165, 1.54) is 0 Å². The maximum atomic E-state index is 11.6. The van der Waals surface area contributed by atoms with Crippen molar-refractivity contribution in [2.45, 2.75) is 33.2 Å². The van der Waals surface area contributed by atoms with Crippen molar-refractivity contribution in [1.29, 1.82) is 0 Å². The Morgan fingerprint density at radius 3 is 2.52 bits per heavy atom. The van der Waals surface area contributed by atoms with E-state index in [2.05, 4.69) is 20.9 Å². The summed E-state index contributed by atoms with van der Waals surface area (Å²) in [5.74, 6) is 2.57. The Balaban J connectivity index is 0.00000364. The van der Waals surface area contributed by atoms with Gasteiger partial charge in [0.05, 0.1) is 20.3 Å². The number of nitrogens with one attached hydrogen (secondary N) is 3. The number of aliphatic imine (C=N–C) groups is 1. The van der Waals surface area contributed by atoms with Crippen LogP contribution >= 0.6 is 24.0 Å². The summed E-state index contributed by atoms with van der Waals surface area (Å²) < 4.78 is 10.9. The molecule has 3 N–H and O–H groups in total. The number of benzene rings is 1. The topological polar surface area (TPSA) is 84.0 Å². The number of rotatable bonds is 10. The van der Waals surface area contributed by atoms with Gasteiger partial charge in [0.15, 0.2) is 17.5 Å². The normalized spacial score (nSPS) is 13.4. The largest absolute Gasteiger partial charge is 0.493 e. The molecule has 1 saturated carbocycles. The minimum absolute atomic E-state index is 0. The van der Waals surface area contributed by atoms with E-state index in [1.54, 1.807) is 7.11 Å². The van der Waals surface area contributed by atoms with E-state index < -0.39 is 0 Å². The smallest absolute Gasteiger partial charge is 0.223 e. The quantitative estimate of drug-likeness (QED) is 0.203. The number of ether oxygens (including phenoxy) is 2. The van der Waals surface area contributed by atoms with Gasteiger partial charge in [-0.25, -0.2) is 4.99 Å². The number of halogens is 1. The van der Waals surface area contributed by atoms with Crippen molar-refractivity contribution < 1.29 is 14.3 Å². The van der Waals surface area contributed by atoms with Gasteiger partial charge in [0.25, 0.3) is 0 Å². The van der Waals surface area contributed by atoms with Crippen LogP contribution in [0.25, 0.3) is 0 Å². The van der Waals surface area contributed by atoms with E-state index in [9.17, 15) is 4.79 Å². The average Bonchev–Trinajstić information content (AvgIpc) is 3.49. The maximum absolute atomic E-state index is 11.6. The summed E-state index contributed by atoms with van der Waals surface area (Å²) in [5, 5.41) is 9.38. The molecular weight excluding hydrogens is 459 g/mol. The third-order valence-electron chi connectivity index (χ3n) is 3.96. The summed E-state index contributed by atoms with van der Waals surface area (Å²) in [6, 6.07) is 5.82. The molecule has 0 saturated heterocycles. The molecule has 1 aliphatic rings. The Labute approximate surface area is 178 Å². The van der Waals surface area contributed by atoms with Crippen LogP contribution in [-0.4, -0.2) is 45.2 Å². The van der Waals surface area contributed by atoms with Crippen LogP contribution < -0.4 is 25.4 Å². The van der Waals surface area contributed by atoms with Crippen molar-refractivity contribution in [3.8, 4) is 11.5 Å². The summed E-state index contributed by atoms with van der Waals surface area (Å²) in [4.78, 5) is 16.2. The number of guanidine groups is 1. The number of nitrogens with zero attached hydrogens (tertiary/aromatic N) is 1. The van der Waals surface area contributed by atoms with Crippen molar-refractivity contribution in [2.24, 2.45) is 10.9 Å². The third kappa shape index (κ3) is 8.23. The first kappa shape index (κ1) is 23.3. The van der Waals surface area contributed by atoms with Crippen LogP contribution in [0.1, 0.15) is 32.3 Å². The van der Waals surface area contributed by atoms with Crippen molar-refractivity contribution >= 4 is 35.8 Å². The molecule has 0 unspecified atom stereocenters. The Morgan fingerprint density at radius 2 is 1.89 bits per heavy atom. The number of carbonyl (C=O) groups excluding carboxylic acids is 1. The second-order valence-electron chi connectivity index (χ2n) is 6.11. The second kappa shape index (κ2) is 12.6. The van der Waals surface area contributed by atoms with Crippen molar-refractivity contribution in [2.75, 3.05) is 33.4 Å². The summed E-state index contributed by atoms with van der Waals surface area (Å²) in [7, 11) is 1.63. The maximum Gasteiger partial charge on any atom is 0.223 e. The highest BCUT2D eigenvalue weighted by molar-refractivity contribution is 14.0. The molecule has 1 aliphatic carbocycles. The van der Waals surface area contributed by atoms with Gasteiger partial charge < -0.3 is 25.4 Å². The molecule has 0 heterocycles. The lowest BCUT2D eigenvalue weighted by molar-refractivity contribution is -0.122. The van der Waals surface area contributed by atoms with Crippen molar-refractivity contribution in [3.05, 3.63) is 23.8 Å². The number of hydrogen-bond donors (Lipinski definition) is 3. The van der Waals surface area contributed by atoms with Gasteiger partial charge in [0.1, 0.15) is 0 Å². The van der Waals surface area contributed by atoms with Gasteiger partial charge in [-0.2, -0.15) is 0 Å². The molecule has 1 aromatic rings. The van der Waals surface area contributed by atoms with Gasteiger partial charge in [-0.15, -0.1) is 24.0 Å². The van der Waals surface area contributed by atoms with Crippen LogP contribution in [-0.2, 0) is 11.3 Å². The molecule has 0 radical (unpaired) electrons. The summed E-state index contributed by atoms with van der Waals surface area (Å²) in [6.45, 7) is 7.08. The zero-order chi connectivity index (χ0) is 18.8. The molecule has 1 fully saturated rings. The van der Waals surface area contributed by atoms with Gasteiger partial charge in [0, 0.05) is 25.6 Å². The Hall–Kier alpha value is -1.71. The molecule has 8 heteroatoms. The molecule has 7 nitrogen and oxygen atoms in total. The van der Waals surface area contributed by atoms with Gasteiger partial charge >= 0.3 is 0 Å². The van der Waals surface area contributed by atoms with Crippen LogP contribution in [0.2, 0.25) is 0 Å². The molecule has 2 rings (SSSR count). The lowest BCUT2D eigenvalue weighted by atomic mass is 10.2. The van der Waals surface area contributed by atoms with E-state index in [4.69, 9.17) is 9.47 Å². The molecule has 0 aromatic heterocycles. The molecule has 0 spiro atoms. The summed E-state index contributed by atoms with van der Waals surface area (Å²) in [5.41, 5.74) is 1.03. The van der Waals surface area contributed by atoms with Crippen molar-refractivity contribution in [1.82, 2.24) is 16.0 Å². The zero-order valence-corrected chi connectivity index (χ0v) is 18.7. The number of hydrogen-bond acceptors (Lipinski definition) is 4. The minimum Gasteiger partial charge on any atom is -0.493 e. The standard InChI is InChI=1S/C19H30N4O3.HI/c1-4-20-19(22-11-10-21-18(24)15-7-8-15)23-13-14-6-9-16(26-5-2)17(12-14)25-3;/h6,9,12,15H,4-5,7-8,10-11,13H2,1-3H3,(H,21,24)(H2,20,22,23);1H. The number of carbonyl (C=O) groups is 1. The molecule has 0 atom stereocenters. The molecule has 1 aromatic carbocycles. The van der Waals surface area contributed by atoms with Crippen LogP contribution in [0, 0.1) is 5.92 Å². The number of amides is 1. The van der Waals surface area contributed by atoms with E-state index in [-0.39, 0.29) is 35.8 Å². The molecule has 27 heavy (non-hydrogen) atoms. The highest BCUT2D eigenvalue weighted by Crippen LogP contribution is 2.29. The average molecular weight is 490 g/mol. The van der Waals surface area contributed by atoms with Crippen LogP contribution in [0.3, 0.4) is 0 Å². The summed E-state index contributed by atoms with van der Waals surface area (Å²) >= 11 is 0. The molecule has 1 amide bonds. The lowest BCUT2D eigenvalue weighted by Gasteiger charge is -2.13. The first-order chi connectivity index (χ1) is 12.7. The first-order valence-electron chi connectivity index (χ1n) is 9.27. The molecule has 0 aliphatic heterocycles. The fraction of sp³-hybridized carbons (Fsp3) is 0.579. The zero-order valence-electron chi connectivity index (χ0n) is 16.3. The monoisotopic (exact) mass is 490 g/mol. The predicted octanol–water partition coefficient (Wildman–Crippen LogP) is 2.29. The first-order valence-corrected chi connectivity index (χ1v) is 9.27. The Kier molecular flexibility index (Phi) is 10.9. The fourth-order valence-corrected chi connectivity index (χ4v) is 2.45. The molecule has 152 valence electrons. The highest BCUT2D eigenvalue weighted by Gasteiger charge is 2.28. The van der Waals surface area contributed by atoms with Crippen LogP contribution in [0.15, 0.2) is 23.2 Å². The summed E-state index contributed by atoms with van der Waals surface area (Å²) in [6.07, 6.45) is 2.05. The van der Waals surface area contributed by atoms with E-state index >= 15 is 0 Å². The van der Waals surface area contributed by atoms with Gasteiger partial charge in [0.2, 0.25) is 5.91 Å².